The van der Waals surface area contributed by atoms with Gasteiger partial charge in [-0.1, -0.05) is 139 Å². The Balaban J connectivity index is 1.31. The van der Waals surface area contributed by atoms with Gasteiger partial charge in [0.25, 0.3) is 0 Å². The van der Waals surface area contributed by atoms with Crippen molar-refractivity contribution >= 4 is 49.8 Å². The maximum atomic E-state index is 9.35. The molecule has 0 spiro atoms. The molecule has 0 N–H and O–H groups in total. The van der Waals surface area contributed by atoms with E-state index in [9.17, 15) is 5.48 Å². The lowest BCUT2D eigenvalue weighted by Crippen LogP contribution is -2.09. The summed E-state index contributed by atoms with van der Waals surface area (Å²) in [6, 6.07) is 9.27. The molecule has 0 saturated heterocycles. The van der Waals surface area contributed by atoms with Crippen LogP contribution in [0.1, 0.15) is 24.7 Å². The minimum atomic E-state index is -0.844. The van der Waals surface area contributed by atoms with E-state index in [0.717, 1.165) is 32.0 Å². The van der Waals surface area contributed by atoms with Crippen LogP contribution in [0.25, 0.3) is 66.1 Å². The highest BCUT2D eigenvalue weighted by Gasteiger charge is 2.17. The Morgan fingerprint density at radius 3 is 1.62 bits per heavy atom. The monoisotopic (exact) mass is 631 g/mol. The van der Waals surface area contributed by atoms with Gasteiger partial charge in [-0.15, -0.1) is 0 Å². The van der Waals surface area contributed by atoms with Crippen molar-refractivity contribution in [2.45, 2.75) is 0 Å². The zero-order chi connectivity index (χ0) is 47.5. The van der Waals surface area contributed by atoms with Gasteiger partial charge in [-0.05, 0) is 87.2 Å². The fraction of sp³-hybridized carbons (Fsp3) is 0. The fourth-order valence-electron chi connectivity index (χ4n) is 5.79. The molecule has 0 aliphatic heterocycles. The van der Waals surface area contributed by atoms with Gasteiger partial charge in [-0.3, -0.25) is 0 Å². The number of furan rings is 1. The van der Waals surface area contributed by atoms with Crippen molar-refractivity contribution in [3.05, 3.63) is 188 Å². The number of hydrogen-bond donors (Lipinski definition) is 0. The van der Waals surface area contributed by atoms with Crippen LogP contribution in [0.2, 0.25) is 0 Å². The standard InChI is InChI=1S/C46H31NO/c1-3-10-32(11-4-1)34-18-25-38(26-19-34)47(39-27-20-35(21-28-39)33-12-5-2-6-13-33)40-29-22-37(23-30-40)41-16-9-17-44-45(41)43-31-24-36-14-7-8-15-42(36)46(43)48-44/h1-31H/i1D,2D,3D,4D,5D,6D,10D,11D,12D,13D,18D,19D,20D,21D,25D,26D,27D,28D. The molecule has 48 heavy (non-hydrogen) atoms. The third kappa shape index (κ3) is 4.92. The predicted molar refractivity (Wildman–Crippen MR) is 202 cm³/mol. The van der Waals surface area contributed by atoms with Crippen molar-refractivity contribution in [2.24, 2.45) is 0 Å². The first-order valence-corrected chi connectivity index (χ1v) is 14.9. The van der Waals surface area contributed by atoms with Crippen molar-refractivity contribution in [2.75, 3.05) is 4.90 Å². The van der Waals surface area contributed by atoms with Crippen molar-refractivity contribution < 1.29 is 29.1 Å². The fourth-order valence-corrected chi connectivity index (χ4v) is 5.79. The van der Waals surface area contributed by atoms with Crippen LogP contribution in [0.3, 0.4) is 0 Å². The molecule has 1 heterocycles. The summed E-state index contributed by atoms with van der Waals surface area (Å²) < 4.78 is 164. The Hall–Kier alpha value is -6.38. The molecule has 2 heteroatoms. The van der Waals surface area contributed by atoms with Crippen molar-refractivity contribution in [3.8, 4) is 33.4 Å². The zero-order valence-electron chi connectivity index (χ0n) is 42.9. The van der Waals surface area contributed by atoms with Crippen LogP contribution in [-0.4, -0.2) is 0 Å². The van der Waals surface area contributed by atoms with Gasteiger partial charge in [-0.25, -0.2) is 0 Å². The Labute approximate surface area is 305 Å². The summed E-state index contributed by atoms with van der Waals surface area (Å²) in [4.78, 5) is 0.989. The first-order valence-electron chi connectivity index (χ1n) is 23.9. The lowest BCUT2D eigenvalue weighted by Gasteiger charge is -2.26. The molecular weight excluding hydrogens is 583 g/mol. The summed E-state index contributed by atoms with van der Waals surface area (Å²) in [5, 5.41) is 3.54. The predicted octanol–water partition coefficient (Wildman–Crippen LogP) is 13.2. The third-order valence-electron chi connectivity index (χ3n) is 7.99. The highest BCUT2D eigenvalue weighted by molar-refractivity contribution is 6.19. The Kier molecular flexibility index (Phi) is 3.68. The number of fused-ring (bicyclic) bond motifs is 5. The van der Waals surface area contributed by atoms with E-state index in [4.69, 9.17) is 23.6 Å². The highest BCUT2D eigenvalue weighted by atomic mass is 16.3. The second-order valence-corrected chi connectivity index (χ2v) is 10.8. The number of benzene rings is 8. The van der Waals surface area contributed by atoms with E-state index in [1.54, 1.807) is 12.1 Å². The van der Waals surface area contributed by atoms with E-state index in [0.29, 0.717) is 16.7 Å². The molecule has 0 bridgehead atoms. The number of anilines is 3. The smallest absolute Gasteiger partial charge is 0.143 e. The van der Waals surface area contributed by atoms with Crippen LogP contribution in [0, 0.1) is 0 Å². The van der Waals surface area contributed by atoms with Crippen LogP contribution < -0.4 is 4.90 Å². The quantitative estimate of drug-likeness (QED) is 0.182. The SMILES string of the molecule is [2H]c1c([2H])c([2H])c(-c2c([2H])c([2H])c(N(c3ccc(-c4cccc5oc6c7ccccc7ccc6c45)cc3)c3c([2H])c([2H])c(-c4c([2H])c([2H])c([2H])c([2H])c4[2H])c([2H])c3[2H])c([2H])c2[2H])c([2H])c1[2H]. The largest absolute Gasteiger partial charge is 0.455 e. The number of nitrogens with zero attached hydrogens (tertiary/aromatic N) is 1. The van der Waals surface area contributed by atoms with E-state index < -0.39 is 142 Å². The molecule has 9 aromatic rings. The van der Waals surface area contributed by atoms with Crippen LogP contribution in [0.5, 0.6) is 0 Å². The van der Waals surface area contributed by atoms with Crippen LogP contribution in [0.4, 0.5) is 17.1 Å². The normalized spacial score (nSPS) is 16.6. The molecule has 1 aromatic heterocycles. The summed E-state index contributed by atoms with van der Waals surface area (Å²) in [6.07, 6.45) is 0. The summed E-state index contributed by atoms with van der Waals surface area (Å²) in [7, 11) is 0. The van der Waals surface area contributed by atoms with Gasteiger partial charge in [0, 0.05) is 33.2 Å². The molecular formula is C46H31NO. The lowest BCUT2D eigenvalue weighted by molar-refractivity contribution is 0.673. The molecule has 0 amide bonds. The van der Waals surface area contributed by atoms with Gasteiger partial charge in [-0.2, -0.15) is 0 Å². The maximum absolute atomic E-state index is 9.35. The highest BCUT2D eigenvalue weighted by Crippen LogP contribution is 2.41. The molecule has 0 aliphatic carbocycles. The number of hydrogen-bond acceptors (Lipinski definition) is 2. The topological polar surface area (TPSA) is 16.4 Å². The summed E-state index contributed by atoms with van der Waals surface area (Å²) in [6.45, 7) is 0. The van der Waals surface area contributed by atoms with Gasteiger partial charge >= 0.3 is 0 Å². The molecule has 0 fully saturated rings. The van der Waals surface area contributed by atoms with Crippen molar-refractivity contribution in [1.29, 1.82) is 0 Å². The Morgan fingerprint density at radius 1 is 0.417 bits per heavy atom. The van der Waals surface area contributed by atoms with Crippen molar-refractivity contribution in [1.82, 2.24) is 0 Å². The second kappa shape index (κ2) is 11.8. The maximum Gasteiger partial charge on any atom is 0.143 e. The van der Waals surface area contributed by atoms with Crippen LogP contribution >= 0.6 is 0 Å². The average molecular weight is 632 g/mol. The first-order chi connectivity index (χ1) is 31.3. The molecule has 8 aromatic carbocycles. The van der Waals surface area contributed by atoms with Crippen LogP contribution in [0.15, 0.2) is 192 Å². The van der Waals surface area contributed by atoms with Crippen LogP contribution in [-0.2, 0) is 0 Å². The summed E-state index contributed by atoms with van der Waals surface area (Å²) in [5.41, 5.74) is -0.925. The molecule has 0 aliphatic rings. The molecule has 0 saturated carbocycles. The summed E-state index contributed by atoms with van der Waals surface area (Å²) >= 11 is 0. The van der Waals surface area contributed by atoms with Gasteiger partial charge in [0.15, 0.2) is 0 Å². The second-order valence-electron chi connectivity index (χ2n) is 10.8. The molecule has 0 unspecified atom stereocenters. The minimum absolute atomic E-state index is 0.0155. The Bertz CT molecular complexity index is 3330. The van der Waals surface area contributed by atoms with E-state index in [1.807, 2.05) is 54.6 Å². The number of rotatable bonds is 6. The van der Waals surface area contributed by atoms with E-state index in [-0.39, 0.29) is 5.69 Å². The van der Waals surface area contributed by atoms with Gasteiger partial charge in [0.05, 0.1) is 24.7 Å². The van der Waals surface area contributed by atoms with Crippen molar-refractivity contribution in [3.63, 3.8) is 0 Å². The third-order valence-corrected chi connectivity index (χ3v) is 7.99. The van der Waals surface area contributed by atoms with E-state index >= 15 is 0 Å². The molecule has 2 nitrogen and oxygen atoms in total. The van der Waals surface area contributed by atoms with Gasteiger partial charge in [0.2, 0.25) is 0 Å². The average Bonchev–Trinajstić information content (AvgIpc) is 3.71. The van der Waals surface area contributed by atoms with Gasteiger partial charge < -0.3 is 9.32 Å². The first kappa shape index (κ1) is 15.0. The molecule has 0 radical (unpaired) electrons. The zero-order valence-corrected chi connectivity index (χ0v) is 24.9. The molecule has 9 rings (SSSR count). The lowest BCUT2D eigenvalue weighted by atomic mass is 9.98. The molecule has 226 valence electrons. The summed E-state index contributed by atoms with van der Waals surface area (Å²) in [5.74, 6) is 0. The van der Waals surface area contributed by atoms with Gasteiger partial charge in [0.1, 0.15) is 11.2 Å². The van der Waals surface area contributed by atoms with E-state index in [2.05, 4.69) is 0 Å². The minimum Gasteiger partial charge on any atom is -0.455 e. The van der Waals surface area contributed by atoms with E-state index in [1.165, 1.54) is 12.1 Å². The molecule has 0 atom stereocenters. The Morgan fingerprint density at radius 2 is 1.00 bits per heavy atom.